The molecule has 2 aromatic heterocycles. The Morgan fingerprint density at radius 3 is 2.86 bits per heavy atom. The molecule has 0 aliphatic heterocycles. The van der Waals surface area contributed by atoms with Gasteiger partial charge in [0.15, 0.2) is 5.13 Å². The molecule has 1 amide bonds. The highest BCUT2D eigenvalue weighted by Gasteiger charge is 2.10. The SMILES string of the molecule is O=C(CCn1cnc2ccccc2c1=O)Nc1ncc(Cc2cccc(F)c2)s1. The van der Waals surface area contributed by atoms with E-state index in [0.717, 1.165) is 10.4 Å². The van der Waals surface area contributed by atoms with E-state index in [9.17, 15) is 14.0 Å². The number of aryl methyl sites for hydroxylation is 1. The molecule has 0 saturated heterocycles. The van der Waals surface area contributed by atoms with Crippen molar-refractivity contribution in [2.45, 2.75) is 19.4 Å². The van der Waals surface area contributed by atoms with Crippen molar-refractivity contribution in [3.63, 3.8) is 0 Å². The van der Waals surface area contributed by atoms with Crippen LogP contribution in [0.25, 0.3) is 10.9 Å². The smallest absolute Gasteiger partial charge is 0.261 e. The number of nitrogens with one attached hydrogen (secondary N) is 1. The molecule has 0 aliphatic carbocycles. The zero-order chi connectivity index (χ0) is 20.2. The van der Waals surface area contributed by atoms with Crippen LogP contribution in [0.15, 0.2) is 65.8 Å². The maximum atomic E-state index is 13.3. The Morgan fingerprint density at radius 1 is 1.14 bits per heavy atom. The van der Waals surface area contributed by atoms with Crippen LogP contribution >= 0.6 is 11.3 Å². The van der Waals surface area contributed by atoms with Crippen LogP contribution in [-0.4, -0.2) is 20.4 Å². The molecule has 0 spiro atoms. The minimum absolute atomic E-state index is 0.124. The van der Waals surface area contributed by atoms with Crippen molar-refractivity contribution < 1.29 is 9.18 Å². The lowest BCUT2D eigenvalue weighted by atomic mass is 10.1. The van der Waals surface area contributed by atoms with Crippen LogP contribution in [0.3, 0.4) is 0 Å². The highest BCUT2D eigenvalue weighted by atomic mass is 32.1. The lowest BCUT2D eigenvalue weighted by molar-refractivity contribution is -0.116. The van der Waals surface area contributed by atoms with Crippen molar-refractivity contribution in [3.8, 4) is 0 Å². The summed E-state index contributed by atoms with van der Waals surface area (Å²) in [5, 5.41) is 3.75. The Balaban J connectivity index is 1.36. The van der Waals surface area contributed by atoms with Crippen molar-refractivity contribution in [1.82, 2.24) is 14.5 Å². The number of hydrogen-bond acceptors (Lipinski definition) is 5. The number of anilines is 1. The molecular formula is C21H17FN4O2S. The third-order valence-electron chi connectivity index (χ3n) is 4.38. The highest BCUT2D eigenvalue weighted by molar-refractivity contribution is 7.15. The summed E-state index contributed by atoms with van der Waals surface area (Å²) in [6.45, 7) is 0.226. The van der Waals surface area contributed by atoms with Crippen LogP contribution in [0.2, 0.25) is 0 Å². The van der Waals surface area contributed by atoms with Crippen molar-refractivity contribution in [2.75, 3.05) is 5.32 Å². The van der Waals surface area contributed by atoms with Crippen molar-refractivity contribution in [2.24, 2.45) is 0 Å². The molecule has 0 saturated carbocycles. The molecule has 4 aromatic rings. The molecule has 1 N–H and O–H groups in total. The monoisotopic (exact) mass is 408 g/mol. The zero-order valence-corrected chi connectivity index (χ0v) is 16.2. The summed E-state index contributed by atoms with van der Waals surface area (Å²) < 4.78 is 14.7. The maximum Gasteiger partial charge on any atom is 0.261 e. The van der Waals surface area contributed by atoms with Gasteiger partial charge in [0.05, 0.1) is 17.2 Å². The van der Waals surface area contributed by atoms with Crippen molar-refractivity contribution >= 4 is 33.3 Å². The second kappa shape index (κ2) is 8.32. The number of halogens is 1. The number of amides is 1. The fraction of sp³-hybridized carbons (Fsp3) is 0.143. The van der Waals surface area contributed by atoms with Crippen LogP contribution < -0.4 is 10.9 Å². The van der Waals surface area contributed by atoms with Crippen LogP contribution in [0, 0.1) is 5.82 Å². The van der Waals surface area contributed by atoms with Crippen LogP contribution in [0.5, 0.6) is 0 Å². The highest BCUT2D eigenvalue weighted by Crippen LogP contribution is 2.21. The van der Waals surface area contributed by atoms with Gasteiger partial charge in [-0.15, -0.1) is 11.3 Å². The summed E-state index contributed by atoms with van der Waals surface area (Å²) in [5.41, 5.74) is 1.30. The molecule has 0 unspecified atom stereocenters. The van der Waals surface area contributed by atoms with Crippen LogP contribution in [-0.2, 0) is 17.8 Å². The molecule has 0 bridgehead atoms. The largest absolute Gasteiger partial charge is 0.302 e. The van der Waals surface area contributed by atoms with Gasteiger partial charge in [0.2, 0.25) is 5.91 Å². The number of aromatic nitrogens is 3. The van der Waals surface area contributed by atoms with Crippen LogP contribution in [0.4, 0.5) is 9.52 Å². The van der Waals surface area contributed by atoms with Crippen molar-refractivity contribution in [3.05, 3.63) is 87.7 Å². The summed E-state index contributed by atoms with van der Waals surface area (Å²) in [5.74, 6) is -0.518. The van der Waals surface area contributed by atoms with Gasteiger partial charge < -0.3 is 5.32 Å². The Labute approximate surface area is 169 Å². The number of carbonyl (C=O) groups is 1. The molecule has 2 heterocycles. The second-order valence-corrected chi connectivity index (χ2v) is 7.61. The number of para-hydroxylation sites is 1. The molecular weight excluding hydrogens is 391 g/mol. The number of carbonyl (C=O) groups excluding carboxylic acids is 1. The zero-order valence-electron chi connectivity index (χ0n) is 15.3. The Kier molecular flexibility index (Phi) is 5.44. The number of nitrogens with zero attached hydrogens (tertiary/aromatic N) is 3. The van der Waals surface area contributed by atoms with E-state index in [4.69, 9.17) is 0 Å². The van der Waals surface area contributed by atoms with E-state index in [0.29, 0.717) is 22.5 Å². The van der Waals surface area contributed by atoms with E-state index in [1.165, 1.54) is 34.4 Å². The van der Waals surface area contributed by atoms with Gasteiger partial charge in [-0.2, -0.15) is 0 Å². The third kappa shape index (κ3) is 4.55. The topological polar surface area (TPSA) is 76.9 Å². The van der Waals surface area contributed by atoms with Gasteiger partial charge in [-0.3, -0.25) is 14.2 Å². The van der Waals surface area contributed by atoms with E-state index >= 15 is 0 Å². The second-order valence-electron chi connectivity index (χ2n) is 6.50. The number of benzene rings is 2. The number of fused-ring (bicyclic) bond motifs is 1. The molecule has 4 rings (SSSR count). The van der Waals surface area contributed by atoms with Gasteiger partial charge in [-0.25, -0.2) is 14.4 Å². The Bertz CT molecular complexity index is 1230. The van der Waals surface area contributed by atoms with Crippen LogP contribution in [0.1, 0.15) is 16.9 Å². The average molecular weight is 408 g/mol. The molecule has 0 aliphatic rings. The van der Waals surface area contributed by atoms with Gasteiger partial charge in [0, 0.05) is 30.5 Å². The first-order valence-corrected chi connectivity index (χ1v) is 9.83. The van der Waals surface area contributed by atoms with E-state index < -0.39 is 0 Å². The molecule has 2 aromatic carbocycles. The summed E-state index contributed by atoms with van der Waals surface area (Å²) in [4.78, 5) is 34.1. The van der Waals surface area contributed by atoms with Crippen molar-refractivity contribution in [1.29, 1.82) is 0 Å². The first kappa shape index (κ1) is 18.9. The van der Waals surface area contributed by atoms with Gasteiger partial charge in [0.25, 0.3) is 5.56 Å². The van der Waals surface area contributed by atoms with Gasteiger partial charge in [-0.1, -0.05) is 24.3 Å². The molecule has 29 heavy (non-hydrogen) atoms. The first-order valence-electron chi connectivity index (χ1n) is 9.02. The standard InChI is InChI=1S/C21H17FN4O2S/c22-15-5-3-4-14(10-15)11-16-12-23-21(29-16)25-19(27)8-9-26-13-24-18-7-2-1-6-17(18)20(26)28/h1-7,10,12-13H,8-9,11H2,(H,23,25,27). The Morgan fingerprint density at radius 2 is 2.00 bits per heavy atom. The summed E-state index contributed by atoms with van der Waals surface area (Å²) in [6.07, 6.45) is 3.80. The molecule has 146 valence electrons. The summed E-state index contributed by atoms with van der Waals surface area (Å²) >= 11 is 1.34. The maximum absolute atomic E-state index is 13.3. The minimum atomic E-state index is -0.279. The van der Waals surface area contributed by atoms with E-state index in [-0.39, 0.29) is 30.2 Å². The quantitative estimate of drug-likeness (QED) is 0.529. The molecule has 6 nitrogen and oxygen atoms in total. The summed E-state index contributed by atoms with van der Waals surface area (Å²) in [6, 6.07) is 13.5. The molecule has 0 atom stereocenters. The van der Waals surface area contributed by atoms with Gasteiger partial charge in [0.1, 0.15) is 5.82 Å². The van der Waals surface area contributed by atoms with E-state index in [2.05, 4.69) is 15.3 Å². The molecule has 0 radical (unpaired) electrons. The van der Waals surface area contributed by atoms with Gasteiger partial charge in [-0.05, 0) is 29.8 Å². The third-order valence-corrected chi connectivity index (χ3v) is 5.29. The van der Waals surface area contributed by atoms with E-state index in [1.807, 2.05) is 12.1 Å². The number of hydrogen-bond donors (Lipinski definition) is 1. The number of rotatable bonds is 6. The summed E-state index contributed by atoms with van der Waals surface area (Å²) in [7, 11) is 0. The number of thiazole rings is 1. The predicted octanol–water partition coefficient (Wildman–Crippen LogP) is 3.61. The lowest BCUT2D eigenvalue weighted by Crippen LogP contribution is -2.23. The normalized spacial score (nSPS) is 10.9. The first-order chi connectivity index (χ1) is 14.1. The molecule has 0 fully saturated rings. The Hall–Kier alpha value is -3.39. The fourth-order valence-corrected chi connectivity index (χ4v) is 3.83. The molecule has 8 heteroatoms. The predicted molar refractivity (Wildman–Crippen MR) is 111 cm³/mol. The van der Waals surface area contributed by atoms with E-state index in [1.54, 1.807) is 30.5 Å². The van der Waals surface area contributed by atoms with Gasteiger partial charge >= 0.3 is 0 Å². The average Bonchev–Trinajstić information content (AvgIpc) is 3.14. The fourth-order valence-electron chi connectivity index (χ4n) is 2.96. The lowest BCUT2D eigenvalue weighted by Gasteiger charge is -2.06. The minimum Gasteiger partial charge on any atom is -0.302 e.